The molecule has 1 amide bonds. The monoisotopic (exact) mass is 317 g/mol. The van der Waals surface area contributed by atoms with Gasteiger partial charge in [0.05, 0.1) is 11.7 Å². The summed E-state index contributed by atoms with van der Waals surface area (Å²) in [6, 6.07) is 15.2. The van der Waals surface area contributed by atoms with Crippen LogP contribution >= 0.6 is 0 Å². The number of nitrogens with one attached hydrogen (secondary N) is 1. The second-order valence-electron chi connectivity index (χ2n) is 5.77. The van der Waals surface area contributed by atoms with E-state index in [0.717, 1.165) is 22.4 Å². The van der Waals surface area contributed by atoms with Crippen LogP contribution in [0.5, 0.6) is 0 Å². The Morgan fingerprint density at radius 2 is 1.62 bits per heavy atom. The highest BCUT2D eigenvalue weighted by Crippen LogP contribution is 2.19. The molecular weight excluding hydrogens is 298 g/mol. The third-order valence-corrected chi connectivity index (χ3v) is 3.89. The Morgan fingerprint density at radius 1 is 0.958 bits per heavy atom. The van der Waals surface area contributed by atoms with Crippen molar-refractivity contribution in [2.24, 2.45) is 0 Å². The Morgan fingerprint density at radius 3 is 2.25 bits per heavy atom. The average molecular weight is 317 g/mol. The van der Waals surface area contributed by atoms with Gasteiger partial charge in [-0.2, -0.15) is 0 Å². The molecule has 0 spiro atoms. The van der Waals surface area contributed by atoms with Crippen LogP contribution in [0.1, 0.15) is 34.6 Å². The normalized spacial score (nSPS) is 11.8. The summed E-state index contributed by atoms with van der Waals surface area (Å²) < 4.78 is 0. The van der Waals surface area contributed by atoms with Crippen molar-refractivity contribution in [2.45, 2.75) is 19.9 Å². The third-order valence-electron chi connectivity index (χ3n) is 3.89. The second-order valence-corrected chi connectivity index (χ2v) is 5.77. The molecule has 0 fully saturated rings. The van der Waals surface area contributed by atoms with Crippen molar-refractivity contribution in [1.82, 2.24) is 15.3 Å². The fourth-order valence-corrected chi connectivity index (χ4v) is 2.45. The quantitative estimate of drug-likeness (QED) is 0.793. The van der Waals surface area contributed by atoms with Gasteiger partial charge < -0.3 is 5.32 Å². The highest BCUT2D eigenvalue weighted by Gasteiger charge is 2.12. The Labute approximate surface area is 141 Å². The van der Waals surface area contributed by atoms with E-state index in [-0.39, 0.29) is 11.9 Å². The van der Waals surface area contributed by atoms with Crippen molar-refractivity contribution < 1.29 is 4.79 Å². The highest BCUT2D eigenvalue weighted by atomic mass is 16.1. The molecule has 4 nitrogen and oxygen atoms in total. The molecule has 1 N–H and O–H groups in total. The molecule has 0 radical (unpaired) electrons. The minimum atomic E-state index is -0.141. The lowest BCUT2D eigenvalue weighted by molar-refractivity contribution is 0.0939. The lowest BCUT2D eigenvalue weighted by Crippen LogP contribution is -2.27. The SMILES string of the molecule is Cc1ccc(C(C)NC(=O)c2ccc(-c3ccncc3)cc2)nc1. The van der Waals surface area contributed by atoms with E-state index in [2.05, 4.69) is 15.3 Å². The van der Waals surface area contributed by atoms with Gasteiger partial charge in [0.1, 0.15) is 0 Å². The molecule has 0 bridgehead atoms. The first-order chi connectivity index (χ1) is 11.6. The Kier molecular flexibility index (Phi) is 4.66. The number of benzene rings is 1. The number of aromatic nitrogens is 2. The van der Waals surface area contributed by atoms with Gasteiger partial charge in [-0.1, -0.05) is 18.2 Å². The van der Waals surface area contributed by atoms with Gasteiger partial charge in [0, 0.05) is 24.2 Å². The predicted molar refractivity (Wildman–Crippen MR) is 94.5 cm³/mol. The van der Waals surface area contributed by atoms with Crippen LogP contribution < -0.4 is 5.32 Å². The number of carbonyl (C=O) groups excluding carboxylic acids is 1. The lowest BCUT2D eigenvalue weighted by atomic mass is 10.0. The zero-order chi connectivity index (χ0) is 16.9. The fraction of sp³-hybridized carbons (Fsp3) is 0.150. The summed E-state index contributed by atoms with van der Waals surface area (Å²) in [7, 11) is 0. The van der Waals surface area contributed by atoms with Crippen LogP contribution in [0.3, 0.4) is 0 Å². The van der Waals surface area contributed by atoms with Crippen LogP contribution in [0.4, 0.5) is 0 Å². The van der Waals surface area contributed by atoms with Crippen molar-refractivity contribution in [1.29, 1.82) is 0 Å². The zero-order valence-corrected chi connectivity index (χ0v) is 13.7. The standard InChI is InChI=1S/C20H19N3O/c1-14-3-8-19(22-13-14)15(2)23-20(24)18-6-4-16(5-7-18)17-9-11-21-12-10-17/h3-13,15H,1-2H3,(H,23,24). The van der Waals surface area contributed by atoms with Crippen molar-refractivity contribution in [3.63, 3.8) is 0 Å². The Bertz CT molecular complexity index is 812. The molecule has 120 valence electrons. The third kappa shape index (κ3) is 3.66. The maximum absolute atomic E-state index is 12.4. The first-order valence-corrected chi connectivity index (χ1v) is 7.87. The Balaban J connectivity index is 1.70. The number of hydrogen-bond acceptors (Lipinski definition) is 3. The molecule has 0 saturated heterocycles. The number of aryl methyl sites for hydroxylation is 1. The highest BCUT2D eigenvalue weighted by molar-refractivity contribution is 5.94. The molecule has 24 heavy (non-hydrogen) atoms. The largest absolute Gasteiger partial charge is 0.344 e. The van der Waals surface area contributed by atoms with Gasteiger partial charge in [0.2, 0.25) is 0 Å². The van der Waals surface area contributed by atoms with Crippen LogP contribution in [0.15, 0.2) is 67.1 Å². The predicted octanol–water partition coefficient (Wildman–Crippen LogP) is 3.94. The van der Waals surface area contributed by atoms with E-state index in [1.54, 1.807) is 12.4 Å². The van der Waals surface area contributed by atoms with Crippen molar-refractivity contribution in [3.05, 3.63) is 83.9 Å². The number of nitrogens with zero attached hydrogens (tertiary/aromatic N) is 2. The van der Waals surface area contributed by atoms with Crippen LogP contribution in [-0.2, 0) is 0 Å². The van der Waals surface area contributed by atoms with Crippen molar-refractivity contribution >= 4 is 5.91 Å². The molecule has 0 saturated carbocycles. The summed E-state index contributed by atoms with van der Waals surface area (Å²) >= 11 is 0. The minimum Gasteiger partial charge on any atom is -0.344 e. The van der Waals surface area contributed by atoms with Crippen LogP contribution in [0.2, 0.25) is 0 Å². The molecule has 0 aliphatic rings. The summed E-state index contributed by atoms with van der Waals surface area (Å²) in [5.74, 6) is -0.105. The van der Waals surface area contributed by atoms with Gasteiger partial charge >= 0.3 is 0 Å². The average Bonchev–Trinajstić information content (AvgIpc) is 2.63. The number of carbonyl (C=O) groups is 1. The lowest BCUT2D eigenvalue weighted by Gasteiger charge is -2.14. The van der Waals surface area contributed by atoms with Gasteiger partial charge in [-0.25, -0.2) is 0 Å². The summed E-state index contributed by atoms with van der Waals surface area (Å²) in [6.07, 6.45) is 5.32. The zero-order valence-electron chi connectivity index (χ0n) is 13.7. The minimum absolute atomic E-state index is 0.105. The van der Waals surface area contributed by atoms with Gasteiger partial charge in [-0.15, -0.1) is 0 Å². The van der Waals surface area contributed by atoms with Gasteiger partial charge in [-0.3, -0.25) is 14.8 Å². The van der Waals surface area contributed by atoms with E-state index < -0.39 is 0 Å². The molecule has 1 unspecified atom stereocenters. The maximum atomic E-state index is 12.4. The molecule has 4 heteroatoms. The van der Waals surface area contributed by atoms with Crippen molar-refractivity contribution in [3.8, 4) is 11.1 Å². The molecule has 2 aromatic heterocycles. The summed E-state index contributed by atoms with van der Waals surface area (Å²) in [5.41, 5.74) is 4.72. The second kappa shape index (κ2) is 7.04. The van der Waals surface area contributed by atoms with Crippen LogP contribution in [-0.4, -0.2) is 15.9 Å². The van der Waals surface area contributed by atoms with E-state index in [0.29, 0.717) is 5.56 Å². The fourth-order valence-electron chi connectivity index (χ4n) is 2.45. The summed E-state index contributed by atoms with van der Waals surface area (Å²) in [6.45, 7) is 3.92. The summed E-state index contributed by atoms with van der Waals surface area (Å²) in [4.78, 5) is 20.8. The first kappa shape index (κ1) is 15.9. The molecule has 2 heterocycles. The van der Waals surface area contributed by atoms with E-state index in [4.69, 9.17) is 0 Å². The maximum Gasteiger partial charge on any atom is 0.251 e. The topological polar surface area (TPSA) is 54.9 Å². The van der Waals surface area contributed by atoms with E-state index in [1.165, 1.54) is 0 Å². The number of amides is 1. The van der Waals surface area contributed by atoms with Gasteiger partial charge in [-0.05, 0) is 60.9 Å². The van der Waals surface area contributed by atoms with Gasteiger partial charge in [0.15, 0.2) is 0 Å². The van der Waals surface area contributed by atoms with Crippen molar-refractivity contribution in [2.75, 3.05) is 0 Å². The van der Waals surface area contributed by atoms with Gasteiger partial charge in [0.25, 0.3) is 5.91 Å². The molecule has 1 atom stereocenters. The molecule has 0 aliphatic carbocycles. The number of rotatable bonds is 4. The van der Waals surface area contributed by atoms with E-state index in [1.807, 2.05) is 68.6 Å². The summed E-state index contributed by atoms with van der Waals surface area (Å²) in [5, 5.41) is 2.98. The number of pyridine rings is 2. The molecule has 1 aromatic carbocycles. The van der Waals surface area contributed by atoms with Crippen LogP contribution in [0.25, 0.3) is 11.1 Å². The molecule has 0 aliphatic heterocycles. The molecule has 3 rings (SSSR count). The number of hydrogen-bond donors (Lipinski definition) is 1. The molecular formula is C20H19N3O. The first-order valence-electron chi connectivity index (χ1n) is 7.87. The van der Waals surface area contributed by atoms with E-state index in [9.17, 15) is 4.79 Å². The molecule has 3 aromatic rings. The van der Waals surface area contributed by atoms with E-state index >= 15 is 0 Å². The van der Waals surface area contributed by atoms with Crippen LogP contribution in [0, 0.1) is 6.92 Å². The Hall–Kier alpha value is -3.01. The smallest absolute Gasteiger partial charge is 0.251 e.